The summed E-state index contributed by atoms with van der Waals surface area (Å²) in [6.07, 6.45) is 0.340. The lowest BCUT2D eigenvalue weighted by Gasteiger charge is -2.32. The second-order valence-electron chi connectivity index (χ2n) is 11.7. The molecule has 4 aromatic rings. The Balaban J connectivity index is 1.43. The summed E-state index contributed by atoms with van der Waals surface area (Å²) >= 11 is 0. The third-order valence-corrected chi connectivity index (χ3v) is 7.88. The van der Waals surface area contributed by atoms with Crippen LogP contribution in [0.15, 0.2) is 121 Å². The van der Waals surface area contributed by atoms with E-state index < -0.39 is 29.7 Å². The number of amides is 4. The zero-order valence-electron chi connectivity index (χ0n) is 27.6. The minimum Gasteiger partial charge on any atom is -0.352 e. The predicted molar refractivity (Wildman–Crippen MR) is 188 cm³/mol. The second kappa shape index (κ2) is 19.3. The summed E-state index contributed by atoms with van der Waals surface area (Å²) in [5.74, 6) is -2.69. The summed E-state index contributed by atoms with van der Waals surface area (Å²) in [5.41, 5.74) is 3.45. The first-order chi connectivity index (χ1) is 23.8. The van der Waals surface area contributed by atoms with E-state index in [2.05, 4.69) is 21.3 Å². The van der Waals surface area contributed by atoms with E-state index in [0.717, 1.165) is 22.3 Å². The number of ketones is 1. The van der Waals surface area contributed by atoms with Crippen LogP contribution in [0.5, 0.6) is 0 Å². The summed E-state index contributed by atoms with van der Waals surface area (Å²) < 4.78 is 0. The summed E-state index contributed by atoms with van der Waals surface area (Å²) in [4.78, 5) is 67.3. The Morgan fingerprint density at radius 3 is 1.67 bits per heavy atom. The topological polar surface area (TPSA) is 137 Å². The molecule has 10 nitrogen and oxygen atoms in total. The molecule has 0 aromatic heterocycles. The molecule has 4 N–H and O–H groups in total. The number of hydrogen-bond acceptors (Lipinski definition) is 6. The van der Waals surface area contributed by atoms with E-state index in [0.29, 0.717) is 6.54 Å². The van der Waals surface area contributed by atoms with Crippen molar-refractivity contribution in [3.8, 4) is 0 Å². The number of nitrogens with zero attached hydrogens (tertiary/aromatic N) is 1. The van der Waals surface area contributed by atoms with Gasteiger partial charge in [0.05, 0.1) is 12.6 Å². The van der Waals surface area contributed by atoms with Crippen LogP contribution in [0.1, 0.15) is 35.6 Å². The maximum atomic E-state index is 13.9. The van der Waals surface area contributed by atoms with Gasteiger partial charge in [-0.05, 0) is 29.2 Å². The van der Waals surface area contributed by atoms with Gasteiger partial charge in [0, 0.05) is 39.0 Å². The van der Waals surface area contributed by atoms with Crippen molar-refractivity contribution in [2.75, 3.05) is 13.1 Å². The van der Waals surface area contributed by atoms with Crippen molar-refractivity contribution in [3.05, 3.63) is 144 Å². The minimum atomic E-state index is -1.14. The van der Waals surface area contributed by atoms with Crippen LogP contribution in [-0.4, -0.2) is 59.5 Å². The Kier molecular flexibility index (Phi) is 14.2. The molecule has 4 aromatic carbocycles. The van der Waals surface area contributed by atoms with Crippen LogP contribution >= 0.6 is 0 Å². The number of benzene rings is 4. The lowest BCUT2D eigenvalue weighted by Crippen LogP contribution is -2.56. The zero-order chi connectivity index (χ0) is 34.8. The molecule has 0 aliphatic rings. The molecule has 0 radical (unpaired) electrons. The van der Waals surface area contributed by atoms with E-state index in [-0.39, 0.29) is 50.8 Å². The van der Waals surface area contributed by atoms with E-state index >= 15 is 0 Å². The van der Waals surface area contributed by atoms with Gasteiger partial charge in [-0.15, -0.1) is 0 Å². The Hall–Kier alpha value is -5.61. The molecule has 254 valence electrons. The number of nitrogens with one attached hydrogen (secondary N) is 4. The smallest absolute Gasteiger partial charge is 0.289 e. The summed E-state index contributed by atoms with van der Waals surface area (Å²) in [6, 6.07) is 35.2. The average Bonchev–Trinajstić information content (AvgIpc) is 3.14. The molecular weight excluding hydrogens is 618 g/mol. The van der Waals surface area contributed by atoms with Crippen LogP contribution in [-0.2, 0) is 50.0 Å². The molecule has 0 saturated carbocycles. The van der Waals surface area contributed by atoms with Crippen molar-refractivity contribution in [1.82, 2.24) is 26.2 Å². The Labute approximate surface area is 287 Å². The first-order valence-electron chi connectivity index (χ1n) is 16.3. The molecule has 2 atom stereocenters. The first-order valence-corrected chi connectivity index (χ1v) is 16.3. The van der Waals surface area contributed by atoms with Crippen molar-refractivity contribution in [2.24, 2.45) is 0 Å². The highest BCUT2D eigenvalue weighted by Gasteiger charge is 2.33. The number of carbonyl (C=O) groups is 5. The molecule has 0 aliphatic carbocycles. The average molecular weight is 662 g/mol. The largest absolute Gasteiger partial charge is 0.352 e. The highest BCUT2D eigenvalue weighted by Crippen LogP contribution is 2.15. The van der Waals surface area contributed by atoms with Crippen molar-refractivity contribution < 1.29 is 24.0 Å². The fourth-order valence-corrected chi connectivity index (χ4v) is 5.15. The van der Waals surface area contributed by atoms with Crippen LogP contribution in [0.25, 0.3) is 0 Å². The Morgan fingerprint density at radius 2 is 1.12 bits per heavy atom. The maximum absolute atomic E-state index is 13.9. The highest BCUT2D eigenvalue weighted by molar-refractivity contribution is 6.38. The standard InChI is InChI=1S/C39H43N5O5/c1-29(37(47)39(49)42-26-32-18-10-4-11-19-32)43-38(48)34(24-30-14-6-2-7-15-30)44(28-33-20-12-5-13-21-33)36(46)27-40-23-22-35(45)41-25-31-16-8-3-9-17-31/h2-21,29,34,40H,22-28H2,1H3,(H,41,45)(H,42,49)(H,43,48). The van der Waals surface area contributed by atoms with Crippen molar-refractivity contribution in [2.45, 2.75) is 51.5 Å². The number of rotatable bonds is 18. The molecule has 0 bridgehead atoms. The van der Waals surface area contributed by atoms with Gasteiger partial charge in [-0.2, -0.15) is 0 Å². The van der Waals surface area contributed by atoms with Gasteiger partial charge in [0.2, 0.25) is 23.5 Å². The lowest BCUT2D eigenvalue weighted by atomic mass is 10.0. The predicted octanol–water partition coefficient (Wildman–Crippen LogP) is 3.31. The SMILES string of the molecule is CC(NC(=O)C(Cc1ccccc1)N(Cc1ccccc1)C(=O)CNCCC(=O)NCc1ccccc1)C(=O)C(=O)NCc1ccccc1. The van der Waals surface area contributed by atoms with Crippen LogP contribution in [0.3, 0.4) is 0 Å². The minimum absolute atomic E-state index is 0.117. The molecule has 0 aliphatic heterocycles. The van der Waals surface area contributed by atoms with Gasteiger partial charge in [-0.3, -0.25) is 24.0 Å². The molecule has 4 amide bonds. The zero-order valence-corrected chi connectivity index (χ0v) is 27.6. The maximum Gasteiger partial charge on any atom is 0.289 e. The van der Waals surface area contributed by atoms with E-state index in [1.54, 1.807) is 0 Å². The monoisotopic (exact) mass is 661 g/mol. The molecular formula is C39H43N5O5. The van der Waals surface area contributed by atoms with Gasteiger partial charge in [0.15, 0.2) is 0 Å². The molecule has 0 heterocycles. The fraction of sp³-hybridized carbons (Fsp3) is 0.256. The summed E-state index contributed by atoms with van der Waals surface area (Å²) in [5, 5.41) is 11.2. The number of hydrogen-bond donors (Lipinski definition) is 4. The van der Waals surface area contributed by atoms with Gasteiger partial charge in [0.25, 0.3) is 5.91 Å². The Morgan fingerprint density at radius 1 is 0.633 bits per heavy atom. The van der Waals surface area contributed by atoms with Crippen LogP contribution in [0.4, 0.5) is 0 Å². The van der Waals surface area contributed by atoms with E-state index in [9.17, 15) is 24.0 Å². The highest BCUT2D eigenvalue weighted by atomic mass is 16.2. The van der Waals surface area contributed by atoms with Crippen LogP contribution in [0.2, 0.25) is 0 Å². The molecule has 2 unspecified atom stereocenters. The van der Waals surface area contributed by atoms with Crippen molar-refractivity contribution in [1.29, 1.82) is 0 Å². The third kappa shape index (κ3) is 12.2. The van der Waals surface area contributed by atoms with E-state index in [4.69, 9.17) is 0 Å². The quantitative estimate of drug-likeness (QED) is 0.0955. The summed E-state index contributed by atoms with van der Waals surface area (Å²) in [6.45, 7) is 2.30. The van der Waals surface area contributed by atoms with Crippen molar-refractivity contribution >= 4 is 29.4 Å². The van der Waals surface area contributed by atoms with Gasteiger partial charge in [-0.25, -0.2) is 0 Å². The summed E-state index contributed by atoms with van der Waals surface area (Å²) in [7, 11) is 0. The van der Waals surface area contributed by atoms with Crippen LogP contribution < -0.4 is 21.3 Å². The second-order valence-corrected chi connectivity index (χ2v) is 11.7. The molecule has 0 saturated heterocycles. The first kappa shape index (κ1) is 36.2. The third-order valence-electron chi connectivity index (χ3n) is 7.88. The molecule has 10 heteroatoms. The van der Waals surface area contributed by atoms with Crippen molar-refractivity contribution in [3.63, 3.8) is 0 Å². The fourth-order valence-electron chi connectivity index (χ4n) is 5.15. The van der Waals surface area contributed by atoms with Crippen LogP contribution in [0, 0.1) is 0 Å². The lowest BCUT2D eigenvalue weighted by molar-refractivity contribution is -0.143. The van der Waals surface area contributed by atoms with E-state index in [1.165, 1.54) is 11.8 Å². The normalized spacial score (nSPS) is 11.9. The molecule has 4 rings (SSSR count). The van der Waals surface area contributed by atoms with Gasteiger partial charge >= 0.3 is 0 Å². The number of carbonyl (C=O) groups excluding carboxylic acids is 5. The van der Waals surface area contributed by atoms with Gasteiger partial charge in [-0.1, -0.05) is 121 Å². The Bertz CT molecular complexity index is 1650. The molecule has 49 heavy (non-hydrogen) atoms. The van der Waals surface area contributed by atoms with Gasteiger partial charge < -0.3 is 26.2 Å². The molecule has 0 fully saturated rings. The van der Waals surface area contributed by atoms with Gasteiger partial charge in [0.1, 0.15) is 6.04 Å². The molecule has 0 spiro atoms. The number of Topliss-reactive ketones (excluding diaryl/α,β-unsaturated/α-hetero) is 1. The van der Waals surface area contributed by atoms with E-state index in [1.807, 2.05) is 121 Å².